The summed E-state index contributed by atoms with van der Waals surface area (Å²) in [5, 5.41) is 8.76. The Morgan fingerprint density at radius 3 is 2.48 bits per heavy atom. The van der Waals surface area contributed by atoms with E-state index in [1.807, 2.05) is 36.0 Å². The van der Waals surface area contributed by atoms with Gasteiger partial charge < -0.3 is 5.11 Å². The van der Waals surface area contributed by atoms with Crippen LogP contribution in [-0.4, -0.2) is 11.1 Å². The lowest BCUT2D eigenvalue weighted by Gasteiger charge is -2.06. The van der Waals surface area contributed by atoms with Gasteiger partial charge in [-0.25, -0.2) is 0 Å². The van der Waals surface area contributed by atoms with E-state index in [1.165, 1.54) is 40.8 Å². The Bertz CT molecular complexity index is 647. The van der Waals surface area contributed by atoms with Crippen LogP contribution in [0, 0.1) is 0 Å². The molecule has 1 aliphatic rings. The van der Waals surface area contributed by atoms with Crippen molar-refractivity contribution in [2.75, 3.05) is 0 Å². The lowest BCUT2D eigenvalue weighted by atomic mass is 10.1. The zero-order valence-electron chi connectivity index (χ0n) is 11.8. The van der Waals surface area contributed by atoms with Gasteiger partial charge in [-0.3, -0.25) is 4.79 Å². The van der Waals surface area contributed by atoms with Gasteiger partial charge in [-0.2, -0.15) is 0 Å². The molecule has 0 fully saturated rings. The molecule has 0 amide bonds. The minimum absolute atomic E-state index is 0.0955. The molecule has 0 aliphatic heterocycles. The number of rotatable bonds is 5. The van der Waals surface area contributed by atoms with E-state index >= 15 is 0 Å². The molecule has 0 unspecified atom stereocenters. The van der Waals surface area contributed by atoms with Crippen LogP contribution in [-0.2, 0) is 29.8 Å². The largest absolute Gasteiger partial charge is 0.481 e. The fourth-order valence-corrected chi connectivity index (χ4v) is 3.65. The third-order valence-corrected chi connectivity index (χ3v) is 4.92. The molecule has 0 saturated carbocycles. The number of benzene rings is 2. The molecule has 0 radical (unpaired) electrons. The predicted octanol–water partition coefficient (Wildman–Crippen LogP) is 4.09. The first-order valence-corrected chi connectivity index (χ1v) is 8.23. The Labute approximate surface area is 129 Å². The second-order valence-corrected chi connectivity index (χ2v) is 6.51. The van der Waals surface area contributed by atoms with Crippen molar-refractivity contribution >= 4 is 17.7 Å². The quantitative estimate of drug-likeness (QED) is 0.845. The first-order valence-electron chi connectivity index (χ1n) is 7.25. The minimum atomic E-state index is -0.782. The number of aliphatic carboxylic acids is 1. The van der Waals surface area contributed by atoms with Gasteiger partial charge >= 0.3 is 5.97 Å². The smallest absolute Gasteiger partial charge is 0.307 e. The van der Waals surface area contributed by atoms with E-state index in [-0.39, 0.29) is 6.42 Å². The van der Waals surface area contributed by atoms with Gasteiger partial charge in [0, 0.05) is 10.6 Å². The summed E-state index contributed by atoms with van der Waals surface area (Å²) in [7, 11) is 0. The summed E-state index contributed by atoms with van der Waals surface area (Å²) in [5.74, 6) is 0.141. The molecule has 0 atom stereocenters. The highest BCUT2D eigenvalue weighted by Gasteiger charge is 2.10. The van der Waals surface area contributed by atoms with E-state index in [4.69, 9.17) is 5.11 Å². The van der Waals surface area contributed by atoms with Crippen molar-refractivity contribution in [3.8, 4) is 0 Å². The van der Waals surface area contributed by atoms with Crippen LogP contribution >= 0.6 is 11.8 Å². The van der Waals surface area contributed by atoms with Crippen LogP contribution in [0.4, 0.5) is 0 Å². The molecule has 1 aliphatic carbocycles. The summed E-state index contributed by atoms with van der Waals surface area (Å²) in [6, 6.07) is 14.7. The van der Waals surface area contributed by atoms with E-state index in [0.29, 0.717) is 0 Å². The van der Waals surface area contributed by atoms with Crippen molar-refractivity contribution in [3.63, 3.8) is 0 Å². The van der Waals surface area contributed by atoms with Crippen molar-refractivity contribution < 1.29 is 9.90 Å². The number of aryl methyl sites for hydroxylation is 2. The Hall–Kier alpha value is -1.74. The molecule has 1 N–H and O–H groups in total. The Morgan fingerprint density at radius 1 is 1.00 bits per heavy atom. The second-order valence-electron chi connectivity index (χ2n) is 5.46. The molecule has 108 valence electrons. The number of carboxylic acid groups (broad SMARTS) is 1. The first kappa shape index (κ1) is 14.2. The molecule has 2 aromatic carbocycles. The van der Waals surface area contributed by atoms with E-state index in [9.17, 15) is 4.79 Å². The average Bonchev–Trinajstić information content (AvgIpc) is 2.93. The highest BCUT2D eigenvalue weighted by Crippen LogP contribution is 2.29. The molecule has 0 bridgehead atoms. The summed E-state index contributed by atoms with van der Waals surface area (Å²) in [4.78, 5) is 12.0. The maximum Gasteiger partial charge on any atom is 0.307 e. The summed E-state index contributed by atoms with van der Waals surface area (Å²) in [6.07, 6.45) is 3.83. The molecule has 0 aromatic heterocycles. The topological polar surface area (TPSA) is 37.3 Å². The highest BCUT2D eigenvalue weighted by atomic mass is 32.2. The molecule has 3 heteroatoms. The van der Waals surface area contributed by atoms with E-state index in [0.717, 1.165) is 11.3 Å². The summed E-state index contributed by atoms with van der Waals surface area (Å²) in [6.45, 7) is 0. The molecule has 21 heavy (non-hydrogen) atoms. The fraction of sp³-hybridized carbons (Fsp3) is 0.278. The number of thioether (sulfide) groups is 1. The van der Waals surface area contributed by atoms with Crippen LogP contribution in [0.3, 0.4) is 0 Å². The number of carboxylic acids is 1. The van der Waals surface area contributed by atoms with Crippen molar-refractivity contribution in [1.82, 2.24) is 0 Å². The normalized spacial score (nSPS) is 13.1. The van der Waals surface area contributed by atoms with Gasteiger partial charge in [-0.15, -0.1) is 11.8 Å². The van der Waals surface area contributed by atoms with Gasteiger partial charge in [0.1, 0.15) is 0 Å². The first-order chi connectivity index (χ1) is 10.2. The van der Waals surface area contributed by atoms with E-state index in [1.54, 1.807) is 0 Å². The number of hydrogen-bond acceptors (Lipinski definition) is 2. The van der Waals surface area contributed by atoms with Crippen LogP contribution in [0.15, 0.2) is 47.4 Å². The van der Waals surface area contributed by atoms with Crippen molar-refractivity contribution in [2.24, 2.45) is 0 Å². The predicted molar refractivity (Wildman–Crippen MR) is 85.8 cm³/mol. The SMILES string of the molecule is O=C(O)Cc1ccc(CSc2ccc3c(c2)CCC3)cc1. The molecule has 0 spiro atoms. The minimum Gasteiger partial charge on any atom is -0.481 e. The lowest BCUT2D eigenvalue weighted by molar-refractivity contribution is -0.136. The number of fused-ring (bicyclic) bond motifs is 1. The van der Waals surface area contributed by atoms with Crippen molar-refractivity contribution in [1.29, 1.82) is 0 Å². The molecule has 0 heterocycles. The number of carbonyl (C=O) groups is 1. The molecule has 0 saturated heterocycles. The van der Waals surface area contributed by atoms with Crippen molar-refractivity contribution in [3.05, 3.63) is 64.7 Å². The van der Waals surface area contributed by atoms with Crippen LogP contribution in [0.25, 0.3) is 0 Å². The fourth-order valence-electron chi connectivity index (χ4n) is 2.73. The van der Waals surface area contributed by atoms with E-state index in [2.05, 4.69) is 18.2 Å². The van der Waals surface area contributed by atoms with Crippen LogP contribution in [0.2, 0.25) is 0 Å². The Morgan fingerprint density at radius 2 is 1.71 bits per heavy atom. The summed E-state index contributed by atoms with van der Waals surface area (Å²) < 4.78 is 0. The van der Waals surface area contributed by atoms with Gasteiger partial charge in [0.25, 0.3) is 0 Å². The van der Waals surface area contributed by atoms with Crippen molar-refractivity contribution in [2.45, 2.75) is 36.3 Å². The van der Waals surface area contributed by atoms with Gasteiger partial charge in [0.2, 0.25) is 0 Å². The van der Waals surface area contributed by atoms with E-state index < -0.39 is 5.97 Å². The molecular formula is C18H18O2S. The molecular weight excluding hydrogens is 280 g/mol. The van der Waals surface area contributed by atoms with Gasteiger partial charge in [-0.05, 0) is 53.6 Å². The maximum absolute atomic E-state index is 10.7. The zero-order chi connectivity index (χ0) is 14.7. The molecule has 2 aromatic rings. The van der Waals surface area contributed by atoms with Crippen LogP contribution in [0.5, 0.6) is 0 Å². The Balaban J connectivity index is 1.61. The zero-order valence-corrected chi connectivity index (χ0v) is 12.7. The molecule has 2 nitrogen and oxygen atoms in total. The number of hydrogen-bond donors (Lipinski definition) is 1. The Kier molecular flexibility index (Phi) is 4.30. The van der Waals surface area contributed by atoms with Gasteiger partial charge in [-0.1, -0.05) is 30.3 Å². The standard InChI is InChI=1S/C18H18O2S/c19-18(20)10-13-4-6-14(7-5-13)12-21-17-9-8-15-2-1-3-16(15)11-17/h4-9,11H,1-3,10,12H2,(H,19,20). The molecule has 3 rings (SSSR count). The third kappa shape index (κ3) is 3.67. The lowest BCUT2D eigenvalue weighted by Crippen LogP contribution is -1.99. The van der Waals surface area contributed by atoms with Gasteiger partial charge in [0.15, 0.2) is 0 Å². The highest BCUT2D eigenvalue weighted by molar-refractivity contribution is 7.98. The van der Waals surface area contributed by atoms with Gasteiger partial charge in [0.05, 0.1) is 6.42 Å². The third-order valence-electron chi connectivity index (χ3n) is 3.85. The van der Waals surface area contributed by atoms with Crippen LogP contribution in [0.1, 0.15) is 28.7 Å². The second kappa shape index (κ2) is 6.35. The summed E-state index contributed by atoms with van der Waals surface area (Å²) >= 11 is 1.84. The maximum atomic E-state index is 10.7. The summed E-state index contributed by atoms with van der Waals surface area (Å²) in [5.41, 5.74) is 5.11. The monoisotopic (exact) mass is 298 g/mol. The van der Waals surface area contributed by atoms with Crippen LogP contribution < -0.4 is 0 Å². The average molecular weight is 298 g/mol.